The predicted molar refractivity (Wildman–Crippen MR) is 70.6 cm³/mol. The highest BCUT2D eigenvalue weighted by Crippen LogP contribution is 2.36. The standard InChI is InChI=1S/C13H17ClF3NO/c1-12(2,19-3)6-7-18-9-4-5-11(14)10(8-9)13(15,16)17/h4-5,8,18H,6-7H2,1-3H3. The summed E-state index contributed by atoms with van der Waals surface area (Å²) in [6, 6.07) is 3.79. The number of benzene rings is 1. The first-order valence-corrected chi connectivity index (χ1v) is 6.19. The molecule has 1 aromatic carbocycles. The zero-order chi connectivity index (χ0) is 14.7. The van der Waals surface area contributed by atoms with E-state index in [1.54, 1.807) is 7.11 Å². The van der Waals surface area contributed by atoms with E-state index in [4.69, 9.17) is 16.3 Å². The van der Waals surface area contributed by atoms with Crippen molar-refractivity contribution in [2.75, 3.05) is 19.0 Å². The number of methoxy groups -OCH3 is 1. The lowest BCUT2D eigenvalue weighted by atomic mass is 10.1. The quantitative estimate of drug-likeness (QED) is 0.858. The van der Waals surface area contributed by atoms with Gasteiger partial charge in [-0.2, -0.15) is 13.2 Å². The summed E-state index contributed by atoms with van der Waals surface area (Å²) in [5.41, 5.74) is -0.750. The molecule has 1 aromatic rings. The van der Waals surface area contributed by atoms with Gasteiger partial charge in [-0.1, -0.05) is 11.6 Å². The van der Waals surface area contributed by atoms with Crippen molar-refractivity contribution in [1.29, 1.82) is 0 Å². The minimum Gasteiger partial charge on any atom is -0.385 e. The number of alkyl halides is 3. The summed E-state index contributed by atoms with van der Waals surface area (Å²) in [5, 5.41) is 2.64. The molecule has 0 amide bonds. The van der Waals surface area contributed by atoms with Gasteiger partial charge in [0, 0.05) is 19.3 Å². The summed E-state index contributed by atoms with van der Waals surface area (Å²) < 4.78 is 43.2. The average molecular weight is 296 g/mol. The first-order valence-electron chi connectivity index (χ1n) is 5.81. The van der Waals surface area contributed by atoms with Crippen LogP contribution >= 0.6 is 11.6 Å². The van der Waals surface area contributed by atoms with Crippen LogP contribution in [0.25, 0.3) is 0 Å². The fourth-order valence-electron chi connectivity index (χ4n) is 1.46. The van der Waals surface area contributed by atoms with Crippen LogP contribution in [0.3, 0.4) is 0 Å². The maximum Gasteiger partial charge on any atom is 0.417 e. The van der Waals surface area contributed by atoms with E-state index in [1.807, 2.05) is 13.8 Å². The number of halogens is 4. The molecule has 0 spiro atoms. The molecule has 0 fully saturated rings. The number of rotatable bonds is 5. The fraction of sp³-hybridized carbons (Fsp3) is 0.538. The van der Waals surface area contributed by atoms with Crippen LogP contribution in [0.15, 0.2) is 18.2 Å². The third kappa shape index (κ3) is 4.91. The third-order valence-electron chi connectivity index (χ3n) is 2.88. The van der Waals surface area contributed by atoms with Crippen molar-refractivity contribution in [3.05, 3.63) is 28.8 Å². The van der Waals surface area contributed by atoms with Gasteiger partial charge in [0.15, 0.2) is 0 Å². The second-order valence-electron chi connectivity index (χ2n) is 4.83. The molecule has 2 nitrogen and oxygen atoms in total. The van der Waals surface area contributed by atoms with E-state index < -0.39 is 11.7 Å². The van der Waals surface area contributed by atoms with E-state index in [1.165, 1.54) is 12.1 Å². The van der Waals surface area contributed by atoms with Crippen molar-refractivity contribution >= 4 is 17.3 Å². The summed E-state index contributed by atoms with van der Waals surface area (Å²) in [7, 11) is 1.60. The smallest absolute Gasteiger partial charge is 0.385 e. The Bertz CT molecular complexity index is 432. The second-order valence-corrected chi connectivity index (χ2v) is 5.24. The Labute approximate surface area is 115 Å². The highest BCUT2D eigenvalue weighted by Gasteiger charge is 2.33. The maximum absolute atomic E-state index is 12.7. The van der Waals surface area contributed by atoms with E-state index >= 15 is 0 Å². The summed E-state index contributed by atoms with van der Waals surface area (Å²) in [4.78, 5) is 0. The summed E-state index contributed by atoms with van der Waals surface area (Å²) in [5.74, 6) is 0. The topological polar surface area (TPSA) is 21.3 Å². The van der Waals surface area contributed by atoms with Gasteiger partial charge in [-0.3, -0.25) is 0 Å². The second kappa shape index (κ2) is 6.01. The van der Waals surface area contributed by atoms with Crippen LogP contribution in [0, 0.1) is 0 Å². The number of hydrogen-bond donors (Lipinski definition) is 1. The molecule has 1 rings (SSSR count). The lowest BCUT2D eigenvalue weighted by molar-refractivity contribution is -0.137. The molecule has 108 valence electrons. The number of ether oxygens (including phenoxy) is 1. The van der Waals surface area contributed by atoms with Crippen LogP contribution in [-0.2, 0) is 10.9 Å². The van der Waals surface area contributed by atoms with Gasteiger partial charge >= 0.3 is 6.18 Å². The number of anilines is 1. The Balaban J connectivity index is 2.71. The zero-order valence-corrected chi connectivity index (χ0v) is 11.8. The summed E-state index contributed by atoms with van der Waals surface area (Å²) in [6.07, 6.45) is -3.77. The number of nitrogens with one attached hydrogen (secondary N) is 1. The molecule has 0 heterocycles. The Morgan fingerprint density at radius 3 is 2.42 bits per heavy atom. The molecule has 0 saturated carbocycles. The third-order valence-corrected chi connectivity index (χ3v) is 3.21. The Morgan fingerprint density at radius 1 is 1.26 bits per heavy atom. The van der Waals surface area contributed by atoms with Gasteiger partial charge in [0.25, 0.3) is 0 Å². The molecule has 0 aliphatic rings. The molecular weight excluding hydrogens is 279 g/mol. The molecule has 0 aliphatic carbocycles. The first kappa shape index (κ1) is 16.1. The molecule has 1 N–H and O–H groups in total. The summed E-state index contributed by atoms with van der Waals surface area (Å²) >= 11 is 5.54. The zero-order valence-electron chi connectivity index (χ0n) is 11.1. The lowest BCUT2D eigenvalue weighted by Gasteiger charge is -2.23. The Kier molecular flexibility index (Phi) is 5.10. The van der Waals surface area contributed by atoms with Gasteiger partial charge in [-0.15, -0.1) is 0 Å². The van der Waals surface area contributed by atoms with E-state index in [2.05, 4.69) is 5.32 Å². The lowest BCUT2D eigenvalue weighted by Crippen LogP contribution is -2.25. The highest BCUT2D eigenvalue weighted by molar-refractivity contribution is 6.31. The van der Waals surface area contributed by atoms with Crippen LogP contribution in [-0.4, -0.2) is 19.3 Å². The van der Waals surface area contributed by atoms with E-state index in [-0.39, 0.29) is 10.6 Å². The molecule has 0 atom stereocenters. The average Bonchev–Trinajstić information content (AvgIpc) is 2.30. The van der Waals surface area contributed by atoms with Crippen LogP contribution in [0.5, 0.6) is 0 Å². The molecule has 0 aromatic heterocycles. The van der Waals surface area contributed by atoms with E-state index in [0.29, 0.717) is 18.7 Å². The largest absolute Gasteiger partial charge is 0.417 e. The normalized spacial score (nSPS) is 12.6. The van der Waals surface area contributed by atoms with Gasteiger partial charge in [0.1, 0.15) is 0 Å². The molecular formula is C13H17ClF3NO. The maximum atomic E-state index is 12.7. The first-order chi connectivity index (χ1) is 8.65. The Hall–Kier alpha value is -0.940. The van der Waals surface area contributed by atoms with Crippen LogP contribution < -0.4 is 5.32 Å². The van der Waals surface area contributed by atoms with Crippen LogP contribution in [0.2, 0.25) is 5.02 Å². The van der Waals surface area contributed by atoms with E-state index in [9.17, 15) is 13.2 Å². The Morgan fingerprint density at radius 2 is 1.89 bits per heavy atom. The van der Waals surface area contributed by atoms with Crippen molar-refractivity contribution in [2.45, 2.75) is 32.0 Å². The van der Waals surface area contributed by atoms with Gasteiger partial charge in [0.05, 0.1) is 16.2 Å². The highest BCUT2D eigenvalue weighted by atomic mass is 35.5. The van der Waals surface area contributed by atoms with Crippen molar-refractivity contribution in [1.82, 2.24) is 0 Å². The molecule has 0 radical (unpaired) electrons. The predicted octanol–water partition coefficient (Wildman–Crippen LogP) is 4.59. The van der Waals surface area contributed by atoms with Crippen molar-refractivity contribution < 1.29 is 17.9 Å². The SMILES string of the molecule is COC(C)(C)CCNc1ccc(Cl)c(C(F)(F)F)c1. The van der Waals surface area contributed by atoms with Gasteiger partial charge in [0.2, 0.25) is 0 Å². The van der Waals surface area contributed by atoms with Crippen LogP contribution in [0.4, 0.5) is 18.9 Å². The molecule has 0 bridgehead atoms. The monoisotopic (exact) mass is 295 g/mol. The minimum atomic E-state index is -4.44. The molecule has 0 aliphatic heterocycles. The van der Waals surface area contributed by atoms with Gasteiger partial charge < -0.3 is 10.1 Å². The summed E-state index contributed by atoms with van der Waals surface area (Å²) in [6.45, 7) is 4.34. The van der Waals surface area contributed by atoms with Crippen molar-refractivity contribution in [2.24, 2.45) is 0 Å². The van der Waals surface area contributed by atoms with Gasteiger partial charge in [-0.25, -0.2) is 0 Å². The minimum absolute atomic E-state index is 0.296. The molecule has 19 heavy (non-hydrogen) atoms. The van der Waals surface area contributed by atoms with E-state index in [0.717, 1.165) is 6.07 Å². The number of hydrogen-bond acceptors (Lipinski definition) is 2. The molecule has 6 heteroatoms. The van der Waals surface area contributed by atoms with Gasteiger partial charge in [-0.05, 0) is 38.5 Å². The molecule has 0 saturated heterocycles. The fourth-order valence-corrected chi connectivity index (χ4v) is 1.69. The van der Waals surface area contributed by atoms with Crippen molar-refractivity contribution in [3.63, 3.8) is 0 Å². The van der Waals surface area contributed by atoms with Crippen LogP contribution in [0.1, 0.15) is 25.8 Å². The van der Waals surface area contributed by atoms with Crippen molar-refractivity contribution in [3.8, 4) is 0 Å². The molecule has 0 unspecified atom stereocenters.